The maximum Gasteiger partial charge on any atom is 0.573 e. The quantitative estimate of drug-likeness (QED) is 0.675. The number of hydrogen-bond donors (Lipinski definition) is 1. The maximum absolute atomic E-state index is 12.9. The van der Waals surface area contributed by atoms with E-state index in [1.165, 1.54) is 30.5 Å². The van der Waals surface area contributed by atoms with E-state index in [9.17, 15) is 18.0 Å². The number of nitrogens with one attached hydrogen (secondary N) is 1. The number of hydrogen-bond acceptors (Lipinski definition) is 5. The molecule has 150 valence electrons. The highest BCUT2D eigenvalue weighted by Gasteiger charge is 2.41. The van der Waals surface area contributed by atoms with Gasteiger partial charge in [-0.05, 0) is 41.4 Å². The van der Waals surface area contributed by atoms with Gasteiger partial charge in [0.2, 0.25) is 0 Å². The summed E-state index contributed by atoms with van der Waals surface area (Å²) in [4.78, 5) is 13.3. The molecular formula is C20H15F3N2O3S. The van der Waals surface area contributed by atoms with Crippen molar-refractivity contribution in [3.63, 3.8) is 0 Å². The molecule has 0 saturated carbocycles. The van der Waals surface area contributed by atoms with E-state index in [1.54, 1.807) is 12.1 Å². The van der Waals surface area contributed by atoms with Crippen LogP contribution in [-0.2, 0) is 5.54 Å². The molecule has 5 nitrogen and oxygen atoms in total. The van der Waals surface area contributed by atoms with Gasteiger partial charge in [-0.1, -0.05) is 30.3 Å². The van der Waals surface area contributed by atoms with Gasteiger partial charge in [-0.15, -0.1) is 13.2 Å². The van der Waals surface area contributed by atoms with Crippen LogP contribution in [0.15, 0.2) is 60.8 Å². The number of rotatable bonds is 4. The summed E-state index contributed by atoms with van der Waals surface area (Å²) in [5.74, 6) is -0.0377. The monoisotopic (exact) mass is 420 g/mol. The highest BCUT2D eigenvalue weighted by Crippen LogP contribution is 2.42. The Kier molecular flexibility index (Phi) is 4.91. The summed E-state index contributed by atoms with van der Waals surface area (Å²) < 4.78 is 51.1. The van der Waals surface area contributed by atoms with E-state index in [1.807, 2.05) is 18.2 Å². The molecule has 0 saturated heterocycles. The zero-order valence-electron chi connectivity index (χ0n) is 14.9. The SMILES string of the molecule is O=C(N[C@]1(c2ccc(OC(F)(F)F)cc2)CCOc2ccccc21)c1ccns1. The minimum Gasteiger partial charge on any atom is -0.493 e. The van der Waals surface area contributed by atoms with Crippen LogP contribution in [0, 0.1) is 0 Å². The first-order chi connectivity index (χ1) is 13.9. The molecule has 0 radical (unpaired) electrons. The molecule has 1 amide bonds. The average molecular weight is 420 g/mol. The van der Waals surface area contributed by atoms with Gasteiger partial charge in [0, 0.05) is 18.2 Å². The van der Waals surface area contributed by atoms with Crippen molar-refractivity contribution in [2.24, 2.45) is 0 Å². The first-order valence-electron chi connectivity index (χ1n) is 8.69. The van der Waals surface area contributed by atoms with E-state index in [4.69, 9.17) is 4.74 Å². The Hall–Kier alpha value is -3.07. The number of para-hydroxylation sites is 1. The van der Waals surface area contributed by atoms with Crippen molar-refractivity contribution >= 4 is 17.4 Å². The lowest BCUT2D eigenvalue weighted by Gasteiger charge is -2.40. The summed E-state index contributed by atoms with van der Waals surface area (Å²) in [6.07, 6.45) is -2.83. The van der Waals surface area contributed by atoms with Crippen molar-refractivity contribution in [2.75, 3.05) is 6.61 Å². The second-order valence-corrected chi connectivity index (χ2v) is 7.24. The number of benzene rings is 2. The molecule has 9 heteroatoms. The first kappa shape index (κ1) is 19.3. The van der Waals surface area contributed by atoms with Crippen LogP contribution in [0.5, 0.6) is 11.5 Å². The number of fused-ring (bicyclic) bond motifs is 1. The molecule has 1 aliphatic rings. The summed E-state index contributed by atoms with van der Waals surface area (Å²) in [5, 5.41) is 3.06. The molecule has 29 heavy (non-hydrogen) atoms. The lowest BCUT2D eigenvalue weighted by atomic mass is 9.78. The second kappa shape index (κ2) is 7.40. The van der Waals surface area contributed by atoms with Crippen molar-refractivity contribution in [1.82, 2.24) is 9.69 Å². The van der Waals surface area contributed by atoms with E-state index in [-0.39, 0.29) is 11.7 Å². The molecule has 3 aromatic rings. The second-order valence-electron chi connectivity index (χ2n) is 6.40. The average Bonchev–Trinajstić information content (AvgIpc) is 3.22. The Balaban J connectivity index is 1.77. The zero-order valence-corrected chi connectivity index (χ0v) is 15.7. The molecule has 2 aromatic carbocycles. The summed E-state index contributed by atoms with van der Waals surface area (Å²) in [6, 6.07) is 14.4. The molecule has 0 unspecified atom stereocenters. The summed E-state index contributed by atoms with van der Waals surface area (Å²) in [7, 11) is 0. The molecule has 1 atom stereocenters. The number of amides is 1. The summed E-state index contributed by atoms with van der Waals surface area (Å²) in [6.45, 7) is 0.334. The van der Waals surface area contributed by atoms with Crippen LogP contribution < -0.4 is 14.8 Å². The molecule has 1 aliphatic heterocycles. The van der Waals surface area contributed by atoms with Gasteiger partial charge in [-0.3, -0.25) is 4.79 Å². The smallest absolute Gasteiger partial charge is 0.493 e. The van der Waals surface area contributed by atoms with Gasteiger partial charge >= 0.3 is 6.36 Å². The van der Waals surface area contributed by atoms with Crippen molar-refractivity contribution in [2.45, 2.75) is 18.3 Å². The Morgan fingerprint density at radius 3 is 2.59 bits per heavy atom. The van der Waals surface area contributed by atoms with Crippen molar-refractivity contribution < 1.29 is 27.4 Å². The van der Waals surface area contributed by atoms with Gasteiger partial charge in [0.25, 0.3) is 5.91 Å². The Morgan fingerprint density at radius 1 is 1.14 bits per heavy atom. The molecule has 0 fully saturated rings. The topological polar surface area (TPSA) is 60.5 Å². The molecule has 2 heterocycles. The summed E-state index contributed by atoms with van der Waals surface area (Å²) in [5.41, 5.74) is 0.390. The number of nitrogens with zero attached hydrogens (tertiary/aromatic N) is 1. The van der Waals surface area contributed by atoms with Crippen molar-refractivity contribution in [3.8, 4) is 11.5 Å². The Bertz CT molecular complexity index is 1010. The van der Waals surface area contributed by atoms with Crippen LogP contribution in [0.3, 0.4) is 0 Å². The molecule has 4 rings (SSSR count). The third-order valence-electron chi connectivity index (χ3n) is 4.65. The molecule has 0 aliphatic carbocycles. The van der Waals surface area contributed by atoms with E-state index in [2.05, 4.69) is 14.4 Å². The van der Waals surface area contributed by atoms with Gasteiger partial charge < -0.3 is 14.8 Å². The fourth-order valence-corrected chi connectivity index (χ4v) is 3.92. The van der Waals surface area contributed by atoms with Gasteiger partial charge in [-0.2, -0.15) is 0 Å². The number of carbonyl (C=O) groups is 1. The number of ether oxygens (including phenoxy) is 2. The minimum absolute atomic E-state index is 0.320. The molecule has 1 aromatic heterocycles. The van der Waals surface area contributed by atoms with Crippen LogP contribution in [0.1, 0.15) is 27.2 Å². The standard InChI is InChI=1S/C20H15F3N2O3S/c21-20(22,23)28-14-7-5-13(6-8-14)19(25-18(26)17-9-11-24-29-17)10-12-27-16-4-2-1-3-15(16)19/h1-9,11H,10,12H2,(H,25,26)/t19-/m0/s1. The minimum atomic E-state index is -4.77. The maximum atomic E-state index is 12.9. The molecular weight excluding hydrogens is 405 g/mol. The largest absolute Gasteiger partial charge is 0.573 e. The highest BCUT2D eigenvalue weighted by molar-refractivity contribution is 7.08. The highest BCUT2D eigenvalue weighted by atomic mass is 32.1. The number of aromatic nitrogens is 1. The van der Waals surface area contributed by atoms with Gasteiger partial charge in [0.05, 0.1) is 12.1 Å². The van der Waals surface area contributed by atoms with E-state index in [0.717, 1.165) is 17.1 Å². The van der Waals surface area contributed by atoms with E-state index >= 15 is 0 Å². The first-order valence-corrected chi connectivity index (χ1v) is 9.46. The van der Waals surface area contributed by atoms with Crippen LogP contribution in [0.25, 0.3) is 0 Å². The number of alkyl halides is 3. The van der Waals surface area contributed by atoms with Crippen LogP contribution in [-0.4, -0.2) is 23.2 Å². The van der Waals surface area contributed by atoms with Gasteiger partial charge in [0.15, 0.2) is 0 Å². The predicted molar refractivity (Wildman–Crippen MR) is 100 cm³/mol. The Labute approximate surface area is 168 Å². The summed E-state index contributed by atoms with van der Waals surface area (Å²) >= 11 is 1.07. The van der Waals surface area contributed by atoms with Gasteiger partial charge in [-0.25, -0.2) is 4.37 Å². The molecule has 0 bridgehead atoms. The lowest BCUT2D eigenvalue weighted by Crippen LogP contribution is -2.49. The van der Waals surface area contributed by atoms with Crippen molar-refractivity contribution in [1.29, 1.82) is 0 Å². The third kappa shape index (κ3) is 3.91. The van der Waals surface area contributed by atoms with Crippen LogP contribution >= 0.6 is 11.5 Å². The van der Waals surface area contributed by atoms with Crippen molar-refractivity contribution in [3.05, 3.63) is 76.8 Å². The lowest BCUT2D eigenvalue weighted by molar-refractivity contribution is -0.274. The van der Waals surface area contributed by atoms with E-state index in [0.29, 0.717) is 29.2 Å². The molecule has 0 spiro atoms. The van der Waals surface area contributed by atoms with E-state index < -0.39 is 11.9 Å². The van der Waals surface area contributed by atoms with Crippen LogP contribution in [0.4, 0.5) is 13.2 Å². The van der Waals surface area contributed by atoms with Crippen LogP contribution in [0.2, 0.25) is 0 Å². The van der Waals surface area contributed by atoms with Gasteiger partial charge in [0.1, 0.15) is 16.4 Å². The fraction of sp³-hybridized carbons (Fsp3) is 0.200. The fourth-order valence-electron chi connectivity index (χ4n) is 3.43. The normalized spacial score (nSPS) is 18.4. The zero-order chi connectivity index (χ0) is 20.5. The predicted octanol–water partition coefficient (Wildman–Crippen LogP) is 4.50. The number of halogens is 3. The third-order valence-corrected chi connectivity index (χ3v) is 5.40. The molecule has 1 N–H and O–H groups in total. The number of carbonyl (C=O) groups excluding carboxylic acids is 1. The Morgan fingerprint density at radius 2 is 1.90 bits per heavy atom.